The first-order chi connectivity index (χ1) is 12.2. The lowest BCUT2D eigenvalue weighted by atomic mass is 10.0. The molecule has 1 saturated heterocycles. The SMILES string of the molecule is O=C(OCc1ccccc1)N1CCC(NCc2ccccn2)C(O)C1. The molecule has 3 rings (SSSR count). The second kappa shape index (κ2) is 8.60. The molecule has 1 amide bonds. The number of piperidine rings is 1. The van der Waals surface area contributed by atoms with Gasteiger partial charge in [0.1, 0.15) is 6.61 Å². The van der Waals surface area contributed by atoms with Crippen molar-refractivity contribution in [3.05, 3.63) is 66.0 Å². The number of carbonyl (C=O) groups is 1. The maximum atomic E-state index is 12.2. The minimum Gasteiger partial charge on any atom is -0.445 e. The van der Waals surface area contributed by atoms with E-state index in [0.29, 0.717) is 19.5 Å². The number of β-amino-alcohol motifs (C(OH)–C–C–N with tert-alkyl or cyclic N) is 1. The van der Waals surface area contributed by atoms with Gasteiger partial charge in [0, 0.05) is 25.3 Å². The minimum atomic E-state index is -0.623. The number of aliphatic hydroxyl groups excluding tert-OH is 1. The Kier molecular flexibility index (Phi) is 5.98. The lowest BCUT2D eigenvalue weighted by Gasteiger charge is -2.35. The normalized spacial score (nSPS) is 20.3. The quantitative estimate of drug-likeness (QED) is 0.869. The van der Waals surface area contributed by atoms with Crippen molar-refractivity contribution >= 4 is 6.09 Å². The van der Waals surface area contributed by atoms with Gasteiger partial charge in [-0.1, -0.05) is 36.4 Å². The molecule has 1 aliphatic heterocycles. The number of rotatable bonds is 5. The van der Waals surface area contributed by atoms with Gasteiger partial charge in [0.15, 0.2) is 0 Å². The highest BCUT2D eigenvalue weighted by Crippen LogP contribution is 2.14. The van der Waals surface area contributed by atoms with Gasteiger partial charge in [-0.25, -0.2) is 4.79 Å². The molecule has 1 aromatic carbocycles. The van der Waals surface area contributed by atoms with Gasteiger partial charge in [-0.3, -0.25) is 4.98 Å². The second-order valence-corrected chi connectivity index (χ2v) is 6.15. The molecule has 2 unspecified atom stereocenters. The average Bonchev–Trinajstić information content (AvgIpc) is 2.66. The molecule has 1 fully saturated rings. The summed E-state index contributed by atoms with van der Waals surface area (Å²) in [5.41, 5.74) is 1.88. The lowest BCUT2D eigenvalue weighted by Crippen LogP contribution is -2.54. The molecule has 132 valence electrons. The highest BCUT2D eigenvalue weighted by atomic mass is 16.6. The van der Waals surface area contributed by atoms with Crippen LogP contribution in [0, 0.1) is 0 Å². The van der Waals surface area contributed by atoms with E-state index in [0.717, 1.165) is 11.3 Å². The van der Waals surface area contributed by atoms with Crippen molar-refractivity contribution < 1.29 is 14.6 Å². The number of pyridine rings is 1. The van der Waals surface area contributed by atoms with Crippen LogP contribution in [0.2, 0.25) is 0 Å². The largest absolute Gasteiger partial charge is 0.445 e. The van der Waals surface area contributed by atoms with Crippen LogP contribution in [0.4, 0.5) is 4.79 Å². The maximum absolute atomic E-state index is 12.2. The zero-order valence-electron chi connectivity index (χ0n) is 14.0. The Bertz CT molecular complexity index is 666. The van der Waals surface area contributed by atoms with Crippen molar-refractivity contribution in [1.82, 2.24) is 15.2 Å². The third-order valence-electron chi connectivity index (χ3n) is 4.32. The summed E-state index contributed by atoms with van der Waals surface area (Å²) in [5.74, 6) is 0. The maximum Gasteiger partial charge on any atom is 0.410 e. The molecule has 25 heavy (non-hydrogen) atoms. The molecule has 0 saturated carbocycles. The number of amides is 1. The van der Waals surface area contributed by atoms with E-state index in [1.54, 1.807) is 11.1 Å². The number of hydrogen-bond donors (Lipinski definition) is 2. The first-order valence-electron chi connectivity index (χ1n) is 8.49. The van der Waals surface area contributed by atoms with Gasteiger partial charge in [-0.05, 0) is 24.1 Å². The van der Waals surface area contributed by atoms with E-state index in [-0.39, 0.29) is 25.3 Å². The fourth-order valence-electron chi connectivity index (χ4n) is 2.88. The molecule has 2 atom stereocenters. The first kappa shape index (κ1) is 17.4. The van der Waals surface area contributed by atoms with Crippen LogP contribution in [0.5, 0.6) is 0 Å². The molecule has 6 nitrogen and oxygen atoms in total. The van der Waals surface area contributed by atoms with Crippen molar-refractivity contribution in [3.8, 4) is 0 Å². The third kappa shape index (κ3) is 5.01. The van der Waals surface area contributed by atoms with Crippen LogP contribution in [-0.4, -0.2) is 46.3 Å². The van der Waals surface area contributed by atoms with Crippen LogP contribution < -0.4 is 5.32 Å². The Morgan fingerprint density at radius 2 is 2.04 bits per heavy atom. The summed E-state index contributed by atoms with van der Waals surface area (Å²) in [5, 5.41) is 13.6. The molecule has 0 radical (unpaired) electrons. The van der Waals surface area contributed by atoms with Gasteiger partial charge >= 0.3 is 6.09 Å². The van der Waals surface area contributed by atoms with E-state index in [2.05, 4.69) is 10.3 Å². The molecule has 2 N–H and O–H groups in total. The Hall–Kier alpha value is -2.44. The molecule has 0 spiro atoms. The van der Waals surface area contributed by atoms with E-state index in [9.17, 15) is 9.90 Å². The number of likely N-dealkylation sites (tertiary alicyclic amines) is 1. The first-order valence-corrected chi connectivity index (χ1v) is 8.49. The Morgan fingerprint density at radius 3 is 2.76 bits per heavy atom. The van der Waals surface area contributed by atoms with Gasteiger partial charge in [0.25, 0.3) is 0 Å². The van der Waals surface area contributed by atoms with E-state index in [1.165, 1.54) is 0 Å². The molecule has 2 aromatic rings. The highest BCUT2D eigenvalue weighted by Gasteiger charge is 2.30. The Morgan fingerprint density at radius 1 is 1.24 bits per heavy atom. The van der Waals surface area contributed by atoms with E-state index >= 15 is 0 Å². The second-order valence-electron chi connectivity index (χ2n) is 6.15. The van der Waals surface area contributed by atoms with E-state index in [4.69, 9.17) is 4.74 Å². The molecule has 0 aliphatic carbocycles. The molecule has 1 aromatic heterocycles. The number of nitrogens with one attached hydrogen (secondary N) is 1. The molecular formula is C19H23N3O3. The Balaban J connectivity index is 1.43. The fourth-order valence-corrected chi connectivity index (χ4v) is 2.88. The number of hydrogen-bond acceptors (Lipinski definition) is 5. The van der Waals surface area contributed by atoms with E-state index < -0.39 is 6.10 Å². The Labute approximate surface area is 147 Å². The summed E-state index contributed by atoms with van der Waals surface area (Å²) in [4.78, 5) is 18.0. The molecule has 0 bridgehead atoms. The summed E-state index contributed by atoms with van der Waals surface area (Å²) in [6, 6.07) is 15.3. The van der Waals surface area contributed by atoms with Crippen LogP contribution in [0.15, 0.2) is 54.7 Å². The molecular weight excluding hydrogens is 318 g/mol. The number of aliphatic hydroxyl groups is 1. The number of benzene rings is 1. The van der Waals surface area contributed by atoms with Gasteiger partial charge in [-0.15, -0.1) is 0 Å². The monoisotopic (exact) mass is 341 g/mol. The van der Waals surface area contributed by atoms with Crippen LogP contribution in [-0.2, 0) is 17.9 Å². The van der Waals surface area contributed by atoms with Crippen LogP contribution in [0.25, 0.3) is 0 Å². The standard InChI is InChI=1S/C19H23N3O3/c23-18-13-22(19(24)25-14-15-6-2-1-3-7-15)11-9-17(18)21-12-16-8-4-5-10-20-16/h1-8,10,17-18,21,23H,9,11-14H2. The van der Waals surface area contributed by atoms with Crippen molar-refractivity contribution in [2.75, 3.05) is 13.1 Å². The van der Waals surface area contributed by atoms with Crippen molar-refractivity contribution in [2.45, 2.75) is 31.7 Å². The van der Waals surface area contributed by atoms with Gasteiger partial charge in [-0.2, -0.15) is 0 Å². The summed E-state index contributed by atoms with van der Waals surface area (Å²) in [7, 11) is 0. The van der Waals surface area contributed by atoms with Crippen molar-refractivity contribution in [2.24, 2.45) is 0 Å². The molecule has 1 aliphatic rings. The minimum absolute atomic E-state index is 0.0554. The van der Waals surface area contributed by atoms with Crippen molar-refractivity contribution in [1.29, 1.82) is 0 Å². The van der Waals surface area contributed by atoms with Gasteiger partial charge in [0.2, 0.25) is 0 Å². The zero-order valence-corrected chi connectivity index (χ0v) is 14.0. The summed E-state index contributed by atoms with van der Waals surface area (Å²) in [6.07, 6.45) is 1.42. The molecule has 6 heteroatoms. The summed E-state index contributed by atoms with van der Waals surface area (Å²) in [6.45, 7) is 1.67. The number of carbonyl (C=O) groups excluding carboxylic acids is 1. The van der Waals surface area contributed by atoms with Gasteiger partial charge < -0.3 is 20.1 Å². The third-order valence-corrected chi connectivity index (χ3v) is 4.32. The summed E-state index contributed by atoms with van der Waals surface area (Å²) >= 11 is 0. The topological polar surface area (TPSA) is 74.7 Å². The van der Waals surface area contributed by atoms with Gasteiger partial charge in [0.05, 0.1) is 18.3 Å². The number of ether oxygens (including phenoxy) is 1. The number of nitrogens with zero attached hydrogens (tertiary/aromatic N) is 2. The predicted octanol–water partition coefficient (Wildman–Crippen LogP) is 1.94. The van der Waals surface area contributed by atoms with Crippen LogP contribution in [0.3, 0.4) is 0 Å². The lowest BCUT2D eigenvalue weighted by molar-refractivity contribution is 0.0270. The smallest absolute Gasteiger partial charge is 0.410 e. The average molecular weight is 341 g/mol. The molecule has 2 heterocycles. The van der Waals surface area contributed by atoms with Crippen LogP contribution in [0.1, 0.15) is 17.7 Å². The number of aromatic nitrogens is 1. The van der Waals surface area contributed by atoms with E-state index in [1.807, 2.05) is 48.5 Å². The zero-order chi connectivity index (χ0) is 17.5. The predicted molar refractivity (Wildman–Crippen MR) is 93.7 cm³/mol. The van der Waals surface area contributed by atoms with Crippen LogP contribution >= 0.6 is 0 Å². The fraction of sp³-hybridized carbons (Fsp3) is 0.368. The summed E-state index contributed by atoms with van der Waals surface area (Å²) < 4.78 is 5.33. The van der Waals surface area contributed by atoms with Crippen molar-refractivity contribution in [3.63, 3.8) is 0 Å². The highest BCUT2D eigenvalue weighted by molar-refractivity contribution is 5.67.